The monoisotopic (exact) mass is 602 g/mol. The van der Waals surface area contributed by atoms with Crippen LogP contribution in [0.2, 0.25) is 0 Å². The zero-order valence-corrected chi connectivity index (χ0v) is 24.5. The highest BCUT2D eigenvalue weighted by atomic mass is 19.4. The molecule has 0 bridgehead atoms. The number of benzene rings is 2. The van der Waals surface area contributed by atoms with Crippen LogP contribution in [0.3, 0.4) is 0 Å². The molecule has 13 heteroatoms. The average molecular weight is 603 g/mol. The molecule has 0 spiro atoms. The quantitative estimate of drug-likeness (QED) is 0.328. The van der Waals surface area contributed by atoms with Gasteiger partial charge in [-0.25, -0.2) is 14.3 Å². The molecule has 3 aromatic rings. The number of esters is 1. The van der Waals surface area contributed by atoms with Gasteiger partial charge in [-0.2, -0.15) is 18.3 Å². The van der Waals surface area contributed by atoms with Crippen LogP contribution in [0, 0.1) is 0 Å². The van der Waals surface area contributed by atoms with Crippen LogP contribution in [-0.2, 0) is 38.3 Å². The van der Waals surface area contributed by atoms with Gasteiger partial charge >= 0.3 is 18.2 Å². The molecule has 2 aromatic carbocycles. The molecule has 0 fully saturated rings. The first-order valence-electron chi connectivity index (χ1n) is 13.5. The molecule has 2 heterocycles. The smallest absolute Gasteiger partial charge is 0.433 e. The largest absolute Gasteiger partial charge is 0.487 e. The van der Waals surface area contributed by atoms with Crippen molar-refractivity contribution in [3.05, 3.63) is 71.5 Å². The molecule has 0 N–H and O–H groups in total. The number of para-hydroxylation sites is 1. The van der Waals surface area contributed by atoms with Gasteiger partial charge in [0.15, 0.2) is 0 Å². The maximum absolute atomic E-state index is 13.7. The summed E-state index contributed by atoms with van der Waals surface area (Å²) in [6.45, 7) is 5.19. The number of rotatable bonds is 8. The number of carbonyl (C=O) groups is 3. The summed E-state index contributed by atoms with van der Waals surface area (Å²) in [6, 6.07) is 12.8. The first-order chi connectivity index (χ1) is 20.2. The first kappa shape index (κ1) is 31.4. The van der Waals surface area contributed by atoms with Crippen LogP contribution in [0.4, 0.5) is 23.7 Å². The summed E-state index contributed by atoms with van der Waals surface area (Å²) >= 11 is 0. The topological polar surface area (TPSA) is 103 Å². The van der Waals surface area contributed by atoms with Crippen molar-refractivity contribution in [3.8, 4) is 11.4 Å². The van der Waals surface area contributed by atoms with Crippen molar-refractivity contribution >= 4 is 23.7 Å². The molecule has 1 aliphatic heterocycles. The second kappa shape index (κ2) is 12.4. The lowest BCUT2D eigenvalue weighted by Crippen LogP contribution is -2.48. The van der Waals surface area contributed by atoms with Crippen molar-refractivity contribution in [2.24, 2.45) is 0 Å². The molecule has 4 rings (SSSR count). The lowest BCUT2D eigenvalue weighted by Gasteiger charge is -2.30. The number of aromatic nitrogens is 2. The number of ether oxygens (including phenoxy) is 3. The molecule has 1 atom stereocenters. The Balaban J connectivity index is 1.45. The minimum atomic E-state index is -4.61. The van der Waals surface area contributed by atoms with Crippen LogP contribution in [0.1, 0.15) is 44.1 Å². The fourth-order valence-corrected chi connectivity index (χ4v) is 4.60. The summed E-state index contributed by atoms with van der Waals surface area (Å²) < 4.78 is 57.8. The zero-order valence-electron chi connectivity index (χ0n) is 24.5. The van der Waals surface area contributed by atoms with E-state index in [1.165, 1.54) is 31.2 Å². The standard InChI is InChI=1S/C30H33F3N4O6/c1-29(2,3)43-28(40)35(4)24(27(39)41-5)17-26(38)36-14-13-19-15-22(11-12-23(19)36)42-18-20-16-25(30(31,32)33)37(34-20)21-9-7-6-8-10-21/h6-12,15-16,24H,13-14,17-18H2,1-5H3. The van der Waals surface area contributed by atoms with Gasteiger partial charge in [-0.15, -0.1) is 0 Å². The molecule has 230 valence electrons. The van der Waals surface area contributed by atoms with Gasteiger partial charge in [0.25, 0.3) is 0 Å². The van der Waals surface area contributed by atoms with Gasteiger partial charge in [0, 0.05) is 19.3 Å². The summed E-state index contributed by atoms with van der Waals surface area (Å²) in [5.41, 5.74) is 0.0431. The molecular formula is C30H33F3N4O6. The Morgan fingerprint density at radius 2 is 1.74 bits per heavy atom. The van der Waals surface area contributed by atoms with Crippen molar-refractivity contribution < 1.29 is 41.8 Å². The lowest BCUT2D eigenvalue weighted by molar-refractivity contribution is -0.148. The summed E-state index contributed by atoms with van der Waals surface area (Å²) in [5, 5.41) is 4.11. The molecule has 2 amide bonds. The highest BCUT2D eigenvalue weighted by Gasteiger charge is 2.37. The van der Waals surface area contributed by atoms with Crippen LogP contribution in [0.25, 0.3) is 5.69 Å². The van der Waals surface area contributed by atoms with Gasteiger partial charge in [-0.3, -0.25) is 9.69 Å². The fraction of sp³-hybridized carbons (Fsp3) is 0.400. The van der Waals surface area contributed by atoms with Crippen LogP contribution >= 0.6 is 0 Å². The van der Waals surface area contributed by atoms with E-state index in [4.69, 9.17) is 14.2 Å². The summed E-state index contributed by atoms with van der Waals surface area (Å²) in [7, 11) is 2.54. The summed E-state index contributed by atoms with van der Waals surface area (Å²) in [4.78, 5) is 40.9. The number of carbonyl (C=O) groups excluding carboxylic acids is 3. The first-order valence-corrected chi connectivity index (χ1v) is 13.5. The minimum Gasteiger partial charge on any atom is -0.487 e. The SMILES string of the molecule is COC(=O)C(CC(=O)N1CCc2cc(OCc3cc(C(F)(F)F)n(-c4ccccc4)n3)ccc21)N(C)C(=O)OC(C)(C)C. The molecule has 1 unspecified atom stereocenters. The second-order valence-corrected chi connectivity index (χ2v) is 11.0. The van der Waals surface area contributed by atoms with E-state index in [0.717, 1.165) is 21.2 Å². The van der Waals surface area contributed by atoms with E-state index in [1.54, 1.807) is 57.2 Å². The Labute approximate surface area is 246 Å². The Bertz CT molecular complexity index is 1480. The van der Waals surface area contributed by atoms with E-state index in [-0.39, 0.29) is 24.4 Å². The average Bonchev–Trinajstić information content (AvgIpc) is 3.58. The van der Waals surface area contributed by atoms with Gasteiger partial charge in [-0.05, 0) is 69.2 Å². The van der Waals surface area contributed by atoms with Crippen molar-refractivity contribution in [2.75, 3.05) is 25.6 Å². The molecule has 1 aromatic heterocycles. The van der Waals surface area contributed by atoms with Crippen LogP contribution in [-0.4, -0.2) is 65.0 Å². The number of alkyl halides is 3. The molecule has 0 saturated heterocycles. The number of fused-ring (bicyclic) bond motifs is 1. The molecular weight excluding hydrogens is 569 g/mol. The van der Waals surface area contributed by atoms with Crippen molar-refractivity contribution in [1.82, 2.24) is 14.7 Å². The van der Waals surface area contributed by atoms with E-state index >= 15 is 0 Å². The Morgan fingerprint density at radius 3 is 2.37 bits per heavy atom. The van der Waals surface area contributed by atoms with Gasteiger partial charge in [0.2, 0.25) is 5.91 Å². The number of halogens is 3. The highest BCUT2D eigenvalue weighted by molar-refractivity contribution is 5.98. The molecule has 10 nitrogen and oxygen atoms in total. The van der Waals surface area contributed by atoms with Gasteiger partial charge < -0.3 is 19.1 Å². The number of methoxy groups -OCH3 is 1. The normalized spacial score (nSPS) is 13.7. The highest BCUT2D eigenvalue weighted by Crippen LogP contribution is 2.34. The predicted molar refractivity (Wildman–Crippen MR) is 150 cm³/mol. The number of amides is 2. The molecule has 0 aliphatic carbocycles. The van der Waals surface area contributed by atoms with Crippen LogP contribution in [0.15, 0.2) is 54.6 Å². The zero-order chi connectivity index (χ0) is 31.5. The molecule has 0 saturated carbocycles. The summed E-state index contributed by atoms with van der Waals surface area (Å²) in [5.74, 6) is -0.759. The summed E-state index contributed by atoms with van der Waals surface area (Å²) in [6.07, 6.45) is -5.22. The maximum atomic E-state index is 13.7. The van der Waals surface area contributed by atoms with Crippen LogP contribution in [0.5, 0.6) is 5.75 Å². The van der Waals surface area contributed by atoms with E-state index < -0.39 is 41.5 Å². The fourth-order valence-electron chi connectivity index (χ4n) is 4.60. The van der Waals surface area contributed by atoms with Crippen LogP contribution < -0.4 is 9.64 Å². The minimum absolute atomic E-state index is 0.0939. The van der Waals surface area contributed by atoms with E-state index in [2.05, 4.69) is 5.10 Å². The van der Waals surface area contributed by atoms with E-state index in [9.17, 15) is 27.6 Å². The lowest BCUT2D eigenvalue weighted by atomic mass is 10.1. The van der Waals surface area contributed by atoms with Crippen molar-refractivity contribution in [2.45, 2.75) is 58.0 Å². The van der Waals surface area contributed by atoms with Gasteiger partial charge in [0.05, 0.1) is 19.2 Å². The number of hydrogen-bond acceptors (Lipinski definition) is 7. The third-order valence-corrected chi connectivity index (χ3v) is 6.68. The number of anilines is 1. The van der Waals surface area contributed by atoms with Crippen molar-refractivity contribution in [1.29, 1.82) is 0 Å². The Kier molecular flexibility index (Phi) is 9.02. The van der Waals surface area contributed by atoms with E-state index in [0.29, 0.717) is 24.4 Å². The number of nitrogens with zero attached hydrogens (tertiary/aromatic N) is 4. The predicted octanol–water partition coefficient (Wildman–Crippen LogP) is 5.16. The number of likely N-dealkylation sites (N-methyl/N-ethyl adjacent to an activating group) is 1. The molecule has 1 aliphatic rings. The molecule has 0 radical (unpaired) electrons. The number of hydrogen-bond donors (Lipinski definition) is 0. The maximum Gasteiger partial charge on any atom is 0.433 e. The second-order valence-electron chi connectivity index (χ2n) is 11.0. The van der Waals surface area contributed by atoms with Gasteiger partial charge in [0.1, 0.15) is 35.4 Å². The Morgan fingerprint density at radius 1 is 1.05 bits per heavy atom. The van der Waals surface area contributed by atoms with Gasteiger partial charge in [-0.1, -0.05) is 18.2 Å². The third kappa shape index (κ3) is 7.46. The van der Waals surface area contributed by atoms with Crippen molar-refractivity contribution in [3.63, 3.8) is 0 Å². The van der Waals surface area contributed by atoms with E-state index in [1.807, 2.05) is 0 Å². The third-order valence-electron chi connectivity index (χ3n) is 6.68. The Hall–Kier alpha value is -4.55. The molecule has 43 heavy (non-hydrogen) atoms.